The van der Waals surface area contributed by atoms with Crippen LogP contribution in [0.1, 0.15) is 19.4 Å². The minimum Gasteiger partial charge on any atom is -0.389 e. The smallest absolute Gasteiger partial charge is 0.106 e. The molecule has 5 heteroatoms. The first-order chi connectivity index (χ1) is 7.61. The van der Waals surface area contributed by atoms with Gasteiger partial charge in [-0.1, -0.05) is 12.2 Å². The van der Waals surface area contributed by atoms with Gasteiger partial charge in [0.15, 0.2) is 0 Å². The van der Waals surface area contributed by atoms with Gasteiger partial charge in [-0.25, -0.2) is 0 Å². The number of nitrogens with two attached hydrogens (primary N) is 1. The van der Waals surface area contributed by atoms with Crippen molar-refractivity contribution >= 4 is 22.9 Å². The summed E-state index contributed by atoms with van der Waals surface area (Å²) in [6, 6.07) is 1.80. The lowest BCUT2D eigenvalue weighted by Gasteiger charge is -2.11. The van der Waals surface area contributed by atoms with Crippen LogP contribution in [0.5, 0.6) is 0 Å². The summed E-state index contributed by atoms with van der Waals surface area (Å²) in [5.41, 5.74) is 7.26. The number of anilines is 1. The minimum atomic E-state index is 0.241. The van der Waals surface area contributed by atoms with Crippen LogP contribution in [0.15, 0.2) is 18.5 Å². The summed E-state index contributed by atoms with van der Waals surface area (Å²) in [5, 5.41) is 3.19. The van der Waals surface area contributed by atoms with Crippen LogP contribution in [-0.4, -0.2) is 29.2 Å². The molecule has 0 bridgehead atoms. The van der Waals surface area contributed by atoms with Crippen molar-refractivity contribution in [3.8, 4) is 0 Å². The Morgan fingerprint density at radius 3 is 3.00 bits per heavy atom. The van der Waals surface area contributed by atoms with Gasteiger partial charge >= 0.3 is 0 Å². The average molecular weight is 239 g/mol. The Labute approximate surface area is 101 Å². The molecule has 0 radical (unpaired) electrons. The van der Waals surface area contributed by atoms with Gasteiger partial charge in [-0.05, 0) is 19.9 Å². The van der Waals surface area contributed by atoms with Crippen LogP contribution in [0, 0.1) is 0 Å². The minimum absolute atomic E-state index is 0.241. The molecule has 0 unspecified atom stereocenters. The van der Waals surface area contributed by atoms with E-state index in [0.29, 0.717) is 18.1 Å². The molecule has 0 aromatic carbocycles. The normalized spacial score (nSPS) is 10.4. The molecule has 0 saturated carbocycles. The van der Waals surface area contributed by atoms with E-state index in [1.807, 2.05) is 13.8 Å². The van der Waals surface area contributed by atoms with Crippen molar-refractivity contribution in [3.05, 3.63) is 24.0 Å². The Morgan fingerprint density at radius 1 is 1.62 bits per heavy atom. The Morgan fingerprint density at radius 2 is 2.38 bits per heavy atom. The van der Waals surface area contributed by atoms with Crippen molar-refractivity contribution in [2.24, 2.45) is 5.73 Å². The lowest BCUT2D eigenvalue weighted by atomic mass is 10.2. The van der Waals surface area contributed by atoms with Gasteiger partial charge in [0.2, 0.25) is 0 Å². The van der Waals surface area contributed by atoms with E-state index in [4.69, 9.17) is 22.7 Å². The predicted octanol–water partition coefficient (Wildman–Crippen LogP) is 1.55. The third-order valence-corrected chi connectivity index (χ3v) is 2.18. The number of nitrogens with zero attached hydrogens (tertiary/aromatic N) is 1. The molecular weight excluding hydrogens is 222 g/mol. The van der Waals surface area contributed by atoms with Crippen LogP contribution in [0.2, 0.25) is 0 Å². The highest BCUT2D eigenvalue weighted by molar-refractivity contribution is 7.80. The first-order valence-electron chi connectivity index (χ1n) is 5.20. The fourth-order valence-electron chi connectivity index (χ4n) is 1.23. The molecule has 1 rings (SSSR count). The average Bonchev–Trinajstić information content (AvgIpc) is 2.24. The second-order valence-electron chi connectivity index (χ2n) is 3.63. The van der Waals surface area contributed by atoms with Crippen molar-refractivity contribution in [1.29, 1.82) is 0 Å². The van der Waals surface area contributed by atoms with E-state index < -0.39 is 0 Å². The molecule has 1 aromatic heterocycles. The van der Waals surface area contributed by atoms with Crippen LogP contribution >= 0.6 is 12.2 Å². The zero-order chi connectivity index (χ0) is 12.0. The first kappa shape index (κ1) is 12.9. The summed E-state index contributed by atoms with van der Waals surface area (Å²) >= 11 is 4.95. The fraction of sp³-hybridized carbons (Fsp3) is 0.455. The van der Waals surface area contributed by atoms with E-state index in [-0.39, 0.29) is 6.10 Å². The molecule has 0 aliphatic carbocycles. The molecule has 0 aliphatic rings. The summed E-state index contributed by atoms with van der Waals surface area (Å²) in [6.07, 6.45) is 3.62. The molecule has 0 fully saturated rings. The van der Waals surface area contributed by atoms with E-state index in [9.17, 15) is 0 Å². The lowest BCUT2D eigenvalue weighted by Crippen LogP contribution is -2.17. The maximum Gasteiger partial charge on any atom is 0.106 e. The number of aromatic nitrogens is 1. The van der Waals surface area contributed by atoms with Crippen LogP contribution in [0.25, 0.3) is 0 Å². The highest BCUT2D eigenvalue weighted by Gasteiger charge is 2.03. The Balaban J connectivity index is 2.50. The summed E-state index contributed by atoms with van der Waals surface area (Å²) in [6.45, 7) is 5.36. The fourth-order valence-corrected chi connectivity index (χ4v) is 1.41. The van der Waals surface area contributed by atoms with E-state index >= 15 is 0 Å². The number of rotatable bonds is 6. The summed E-state index contributed by atoms with van der Waals surface area (Å²) in [5.74, 6) is 0. The number of hydrogen-bond donors (Lipinski definition) is 2. The Bertz CT molecular complexity index is 355. The molecule has 4 nitrogen and oxygen atoms in total. The monoisotopic (exact) mass is 239 g/mol. The van der Waals surface area contributed by atoms with Gasteiger partial charge in [0.1, 0.15) is 4.99 Å². The lowest BCUT2D eigenvalue weighted by molar-refractivity contribution is 0.0870. The van der Waals surface area contributed by atoms with Crippen molar-refractivity contribution < 1.29 is 4.74 Å². The molecule has 1 heterocycles. The topological polar surface area (TPSA) is 60.2 Å². The van der Waals surface area contributed by atoms with Gasteiger partial charge in [-0.2, -0.15) is 0 Å². The predicted molar refractivity (Wildman–Crippen MR) is 69.7 cm³/mol. The molecule has 0 aliphatic heterocycles. The Hall–Kier alpha value is -1.20. The van der Waals surface area contributed by atoms with Gasteiger partial charge in [0.05, 0.1) is 24.6 Å². The maximum absolute atomic E-state index is 5.60. The van der Waals surface area contributed by atoms with Crippen molar-refractivity contribution in [1.82, 2.24) is 4.98 Å². The quantitative estimate of drug-likeness (QED) is 0.582. The SMILES string of the molecule is CC(C)OCCNc1cnccc1C(N)=S. The van der Waals surface area contributed by atoms with Gasteiger partial charge < -0.3 is 15.8 Å². The standard InChI is InChI=1S/C11H17N3OS/c1-8(2)15-6-5-14-10-7-13-4-3-9(10)11(12)16/h3-4,7-8,14H,5-6H2,1-2H3,(H2,12,16). The third kappa shape index (κ3) is 4.12. The van der Waals surface area contributed by atoms with E-state index in [1.54, 1.807) is 18.5 Å². The highest BCUT2D eigenvalue weighted by atomic mass is 32.1. The summed E-state index contributed by atoms with van der Waals surface area (Å²) in [4.78, 5) is 4.39. The number of pyridine rings is 1. The van der Waals surface area contributed by atoms with Crippen molar-refractivity contribution in [3.63, 3.8) is 0 Å². The van der Waals surface area contributed by atoms with Crippen molar-refractivity contribution in [2.75, 3.05) is 18.5 Å². The molecule has 0 amide bonds. The van der Waals surface area contributed by atoms with Gasteiger partial charge in [-0.15, -0.1) is 0 Å². The molecule has 3 N–H and O–H groups in total. The number of hydrogen-bond acceptors (Lipinski definition) is 4. The van der Waals surface area contributed by atoms with Crippen LogP contribution in [0.3, 0.4) is 0 Å². The van der Waals surface area contributed by atoms with E-state index in [2.05, 4.69) is 10.3 Å². The highest BCUT2D eigenvalue weighted by Crippen LogP contribution is 2.12. The van der Waals surface area contributed by atoms with Crippen LogP contribution in [-0.2, 0) is 4.74 Å². The zero-order valence-electron chi connectivity index (χ0n) is 9.56. The second kappa shape index (κ2) is 6.40. The molecule has 1 aromatic rings. The second-order valence-corrected chi connectivity index (χ2v) is 4.07. The number of nitrogens with one attached hydrogen (secondary N) is 1. The number of thiocarbonyl (C=S) groups is 1. The van der Waals surface area contributed by atoms with E-state index in [1.165, 1.54) is 0 Å². The first-order valence-corrected chi connectivity index (χ1v) is 5.61. The number of ether oxygens (including phenoxy) is 1. The largest absolute Gasteiger partial charge is 0.389 e. The summed E-state index contributed by atoms with van der Waals surface area (Å²) in [7, 11) is 0. The van der Waals surface area contributed by atoms with E-state index in [0.717, 1.165) is 11.3 Å². The van der Waals surface area contributed by atoms with Gasteiger partial charge in [0.25, 0.3) is 0 Å². The molecule has 0 spiro atoms. The van der Waals surface area contributed by atoms with Crippen LogP contribution < -0.4 is 11.1 Å². The maximum atomic E-state index is 5.60. The molecule has 16 heavy (non-hydrogen) atoms. The van der Waals surface area contributed by atoms with Gasteiger partial charge in [0, 0.05) is 18.3 Å². The molecule has 0 saturated heterocycles. The molecule has 0 atom stereocenters. The molecular formula is C11H17N3OS. The van der Waals surface area contributed by atoms with Crippen LogP contribution in [0.4, 0.5) is 5.69 Å². The third-order valence-electron chi connectivity index (χ3n) is 1.96. The summed E-state index contributed by atoms with van der Waals surface area (Å²) < 4.78 is 5.42. The molecule has 88 valence electrons. The van der Waals surface area contributed by atoms with Crippen molar-refractivity contribution in [2.45, 2.75) is 20.0 Å². The van der Waals surface area contributed by atoms with Gasteiger partial charge in [-0.3, -0.25) is 4.98 Å². The Kier molecular flexibility index (Phi) is 5.14. The zero-order valence-corrected chi connectivity index (χ0v) is 10.4.